The maximum atomic E-state index is 5.18. The van der Waals surface area contributed by atoms with E-state index in [4.69, 9.17) is 17.0 Å². The van der Waals surface area contributed by atoms with Crippen LogP contribution in [0, 0.1) is 0 Å². The van der Waals surface area contributed by atoms with Crippen molar-refractivity contribution in [2.45, 2.75) is 32.6 Å². The summed E-state index contributed by atoms with van der Waals surface area (Å²) in [4.78, 5) is 0. The number of hydrogen-bond acceptors (Lipinski definition) is 2. The maximum Gasteiger partial charge on any atom is 0.156 e. The molecular weight excluding hydrogens is 160 g/mol. The highest BCUT2D eigenvalue weighted by molar-refractivity contribution is 7.80. The summed E-state index contributed by atoms with van der Waals surface area (Å²) in [6.45, 7) is 9.55. The highest BCUT2D eigenvalue weighted by Gasteiger charge is 2.15. The van der Waals surface area contributed by atoms with E-state index in [0.717, 1.165) is 11.1 Å². The van der Waals surface area contributed by atoms with Crippen molar-refractivity contribution in [3.05, 3.63) is 0 Å². The molecule has 0 bridgehead atoms. The van der Waals surface area contributed by atoms with Crippen molar-refractivity contribution >= 4 is 25.3 Å². The molecule has 3 heteroatoms. The Balaban J connectivity index is 3.58. The van der Waals surface area contributed by atoms with Gasteiger partial charge in [0.1, 0.15) is 0 Å². The molecule has 0 fully saturated rings. The van der Waals surface area contributed by atoms with Gasteiger partial charge < -0.3 is 4.74 Å². The molecule has 0 saturated heterocycles. The largest absolute Gasteiger partial charge is 0.488 e. The number of hydrogen-bond donors (Lipinski definition) is 0. The molecule has 0 saturated carbocycles. The molecule has 0 radical (unpaired) electrons. The Morgan fingerprint density at radius 2 is 1.90 bits per heavy atom. The highest BCUT2D eigenvalue weighted by Crippen LogP contribution is 2.09. The zero-order valence-corrected chi connectivity index (χ0v) is 9.05. The predicted molar refractivity (Wildman–Crippen MR) is 52.4 cm³/mol. The molecule has 0 unspecified atom stereocenters. The highest BCUT2D eigenvalue weighted by atomic mass is 32.1. The molecule has 0 spiro atoms. The third-order valence-electron chi connectivity index (χ3n) is 0.980. The van der Waals surface area contributed by atoms with Gasteiger partial charge >= 0.3 is 0 Å². The average molecular weight is 176 g/mol. The van der Waals surface area contributed by atoms with Gasteiger partial charge in [-0.3, -0.25) is 0 Å². The van der Waals surface area contributed by atoms with Crippen molar-refractivity contribution in [3.63, 3.8) is 0 Å². The van der Waals surface area contributed by atoms with Gasteiger partial charge in [-0.25, -0.2) is 0 Å². The summed E-state index contributed by atoms with van der Waals surface area (Å²) in [6.07, 6.45) is 0. The van der Waals surface area contributed by atoms with E-state index in [0.29, 0.717) is 6.61 Å². The summed E-state index contributed by atoms with van der Waals surface area (Å²) in [7, 11) is -1.02. The first-order valence-electron chi connectivity index (χ1n) is 3.61. The summed E-state index contributed by atoms with van der Waals surface area (Å²) in [5, 5.41) is 0.793. The molecule has 10 heavy (non-hydrogen) atoms. The van der Waals surface area contributed by atoms with E-state index in [1.807, 2.05) is 6.92 Å². The van der Waals surface area contributed by atoms with Crippen LogP contribution in [0.2, 0.25) is 25.7 Å². The van der Waals surface area contributed by atoms with Crippen molar-refractivity contribution in [3.8, 4) is 0 Å². The van der Waals surface area contributed by atoms with E-state index in [-0.39, 0.29) is 0 Å². The fourth-order valence-corrected chi connectivity index (χ4v) is 3.03. The monoisotopic (exact) mass is 176 g/mol. The lowest BCUT2D eigenvalue weighted by Gasteiger charge is -2.15. The maximum absolute atomic E-state index is 5.18. The summed E-state index contributed by atoms with van der Waals surface area (Å²) in [5.74, 6) is 0. The molecule has 60 valence electrons. The van der Waals surface area contributed by atoms with Crippen LogP contribution in [0.15, 0.2) is 0 Å². The van der Waals surface area contributed by atoms with Crippen LogP contribution in [0.25, 0.3) is 0 Å². The van der Waals surface area contributed by atoms with Crippen LogP contribution in [0.3, 0.4) is 0 Å². The molecule has 0 aliphatic carbocycles. The molecule has 0 aromatic carbocycles. The van der Waals surface area contributed by atoms with Crippen molar-refractivity contribution in [2.24, 2.45) is 0 Å². The second kappa shape index (κ2) is 4.08. The van der Waals surface area contributed by atoms with Gasteiger partial charge in [-0.2, -0.15) is 0 Å². The number of thiocarbonyl (C=S) groups is 1. The second-order valence-corrected chi connectivity index (χ2v) is 9.47. The van der Waals surface area contributed by atoms with Crippen molar-refractivity contribution < 1.29 is 4.74 Å². The van der Waals surface area contributed by atoms with Crippen LogP contribution in [-0.2, 0) is 4.74 Å². The van der Waals surface area contributed by atoms with Crippen molar-refractivity contribution in [2.75, 3.05) is 6.61 Å². The van der Waals surface area contributed by atoms with Crippen molar-refractivity contribution in [1.82, 2.24) is 0 Å². The summed E-state index contributed by atoms with van der Waals surface area (Å²) >= 11 is 5.01. The minimum Gasteiger partial charge on any atom is -0.488 e. The van der Waals surface area contributed by atoms with E-state index >= 15 is 0 Å². The standard InChI is InChI=1S/C7H16OSSi/c1-5-8-7(9)6-10(2,3)4/h5-6H2,1-4H3. The SMILES string of the molecule is CCOC(=S)C[Si](C)(C)C. The van der Waals surface area contributed by atoms with Gasteiger partial charge in [0.2, 0.25) is 0 Å². The van der Waals surface area contributed by atoms with Gasteiger partial charge in [0.25, 0.3) is 0 Å². The molecule has 0 aromatic rings. The van der Waals surface area contributed by atoms with Crippen LogP contribution in [-0.4, -0.2) is 19.7 Å². The zero-order chi connectivity index (χ0) is 8.20. The topological polar surface area (TPSA) is 9.23 Å². The van der Waals surface area contributed by atoms with Gasteiger partial charge in [0.15, 0.2) is 5.05 Å². The smallest absolute Gasteiger partial charge is 0.156 e. The van der Waals surface area contributed by atoms with Crippen LogP contribution < -0.4 is 0 Å². The first-order valence-corrected chi connectivity index (χ1v) is 7.73. The summed E-state index contributed by atoms with van der Waals surface area (Å²) < 4.78 is 5.18. The van der Waals surface area contributed by atoms with Gasteiger partial charge in [-0.05, 0) is 19.1 Å². The fourth-order valence-electron chi connectivity index (χ4n) is 0.645. The van der Waals surface area contributed by atoms with Gasteiger partial charge in [0.05, 0.1) is 14.7 Å². The van der Waals surface area contributed by atoms with E-state index in [2.05, 4.69) is 19.6 Å². The van der Waals surface area contributed by atoms with Gasteiger partial charge in [0, 0.05) is 6.04 Å². The van der Waals surface area contributed by atoms with E-state index < -0.39 is 8.07 Å². The van der Waals surface area contributed by atoms with Gasteiger partial charge in [-0.1, -0.05) is 19.6 Å². The molecule has 0 rings (SSSR count). The van der Waals surface area contributed by atoms with E-state index in [1.54, 1.807) is 0 Å². The Kier molecular flexibility index (Phi) is 4.13. The Morgan fingerprint density at radius 3 is 2.20 bits per heavy atom. The van der Waals surface area contributed by atoms with E-state index in [9.17, 15) is 0 Å². The van der Waals surface area contributed by atoms with Crippen LogP contribution in [0.5, 0.6) is 0 Å². The quantitative estimate of drug-likeness (QED) is 0.483. The minimum absolute atomic E-state index is 0.712. The molecule has 1 nitrogen and oxygen atoms in total. The van der Waals surface area contributed by atoms with Crippen molar-refractivity contribution in [1.29, 1.82) is 0 Å². The molecule has 0 aliphatic heterocycles. The molecule has 0 amide bonds. The number of ether oxygens (including phenoxy) is 1. The Bertz CT molecular complexity index is 117. The predicted octanol–water partition coefficient (Wildman–Crippen LogP) is 2.69. The van der Waals surface area contributed by atoms with E-state index in [1.165, 1.54) is 0 Å². The summed E-state index contributed by atoms with van der Waals surface area (Å²) in [6, 6.07) is 1.01. The zero-order valence-electron chi connectivity index (χ0n) is 7.23. The molecule has 0 heterocycles. The minimum atomic E-state index is -1.02. The second-order valence-electron chi connectivity index (χ2n) is 3.54. The summed E-state index contributed by atoms with van der Waals surface area (Å²) in [5.41, 5.74) is 0. The lowest BCUT2D eigenvalue weighted by Crippen LogP contribution is -2.24. The normalized spacial score (nSPS) is 11.2. The first kappa shape index (κ1) is 10.1. The average Bonchev–Trinajstić information content (AvgIpc) is 1.59. The third kappa shape index (κ3) is 6.23. The molecule has 0 aliphatic rings. The Hall–Kier alpha value is 0.107. The number of rotatable bonds is 3. The first-order chi connectivity index (χ1) is 4.45. The van der Waals surface area contributed by atoms with Crippen LogP contribution >= 0.6 is 12.2 Å². The molecular formula is C7H16OSSi. The lowest BCUT2D eigenvalue weighted by molar-refractivity contribution is 0.333. The Morgan fingerprint density at radius 1 is 1.40 bits per heavy atom. The van der Waals surface area contributed by atoms with Gasteiger partial charge in [-0.15, -0.1) is 0 Å². The van der Waals surface area contributed by atoms with Crippen LogP contribution in [0.1, 0.15) is 6.92 Å². The Labute approximate surface area is 69.8 Å². The lowest BCUT2D eigenvalue weighted by atomic mass is 10.8. The molecule has 0 N–H and O–H groups in total. The molecule has 0 atom stereocenters. The third-order valence-corrected chi connectivity index (χ3v) is 2.88. The molecule has 0 aromatic heterocycles. The van der Waals surface area contributed by atoms with Crippen LogP contribution in [0.4, 0.5) is 0 Å². The fraction of sp³-hybridized carbons (Fsp3) is 0.857.